The van der Waals surface area contributed by atoms with Gasteiger partial charge in [0, 0.05) is 4.47 Å². The first-order chi connectivity index (χ1) is 10.2. The van der Waals surface area contributed by atoms with Crippen LogP contribution in [-0.2, 0) is 9.59 Å². The summed E-state index contributed by atoms with van der Waals surface area (Å²) in [6.07, 6.45) is 1.59. The van der Waals surface area contributed by atoms with E-state index in [4.69, 9.17) is 0 Å². The molecule has 1 N–H and O–H groups in total. The molecule has 0 aromatic heterocycles. The summed E-state index contributed by atoms with van der Waals surface area (Å²) < 4.78 is 0.830. The van der Waals surface area contributed by atoms with E-state index >= 15 is 0 Å². The van der Waals surface area contributed by atoms with Crippen LogP contribution in [0.5, 0.6) is 0 Å². The molecule has 0 saturated carbocycles. The summed E-state index contributed by atoms with van der Waals surface area (Å²) >= 11 is 3.40. The number of carbonyl (C=O) groups is 2. The van der Waals surface area contributed by atoms with Crippen molar-refractivity contribution in [2.24, 2.45) is 0 Å². The van der Waals surface area contributed by atoms with E-state index in [0.29, 0.717) is 5.69 Å². The fourth-order valence-electron chi connectivity index (χ4n) is 2.06. The van der Waals surface area contributed by atoms with Crippen molar-refractivity contribution in [2.75, 3.05) is 5.01 Å². The summed E-state index contributed by atoms with van der Waals surface area (Å²) in [5.74, 6) is -0.762. The average Bonchev–Trinajstić information content (AvgIpc) is 2.78. The smallest absolute Gasteiger partial charge is 0.267 e. The van der Waals surface area contributed by atoms with Gasteiger partial charge in [0.05, 0.1) is 5.69 Å². The van der Waals surface area contributed by atoms with Crippen LogP contribution in [0.25, 0.3) is 6.08 Å². The van der Waals surface area contributed by atoms with E-state index in [1.54, 1.807) is 18.2 Å². The topological polar surface area (TPSA) is 49.4 Å². The minimum Gasteiger partial charge on any atom is -0.267 e. The number of benzene rings is 2. The Bertz CT molecular complexity index is 741. The highest BCUT2D eigenvalue weighted by molar-refractivity contribution is 9.10. The zero-order valence-electron chi connectivity index (χ0n) is 10.9. The van der Waals surface area contributed by atoms with Crippen molar-refractivity contribution in [1.29, 1.82) is 0 Å². The van der Waals surface area contributed by atoms with Gasteiger partial charge in [0.2, 0.25) is 0 Å². The Kier molecular flexibility index (Phi) is 3.58. The Morgan fingerprint density at radius 2 is 1.62 bits per heavy atom. The fourth-order valence-corrected chi connectivity index (χ4v) is 2.46. The monoisotopic (exact) mass is 342 g/mol. The molecule has 1 fully saturated rings. The third-order valence-electron chi connectivity index (χ3n) is 3.11. The van der Waals surface area contributed by atoms with Crippen molar-refractivity contribution in [3.05, 3.63) is 70.2 Å². The molecule has 2 aromatic rings. The van der Waals surface area contributed by atoms with E-state index in [1.807, 2.05) is 42.5 Å². The highest BCUT2D eigenvalue weighted by Crippen LogP contribution is 2.24. The average molecular weight is 343 g/mol. The lowest BCUT2D eigenvalue weighted by molar-refractivity contribution is -0.117. The number of hydrogen-bond donors (Lipinski definition) is 1. The van der Waals surface area contributed by atoms with Gasteiger partial charge >= 0.3 is 0 Å². The van der Waals surface area contributed by atoms with Crippen LogP contribution in [0.2, 0.25) is 0 Å². The van der Waals surface area contributed by atoms with Gasteiger partial charge < -0.3 is 0 Å². The summed E-state index contributed by atoms with van der Waals surface area (Å²) in [7, 11) is 0. The predicted molar refractivity (Wildman–Crippen MR) is 84.2 cm³/mol. The van der Waals surface area contributed by atoms with E-state index < -0.39 is 5.91 Å². The summed E-state index contributed by atoms with van der Waals surface area (Å²) in [6, 6.07) is 16.4. The van der Waals surface area contributed by atoms with E-state index in [1.165, 1.54) is 5.01 Å². The maximum atomic E-state index is 12.4. The third kappa shape index (κ3) is 2.60. The Morgan fingerprint density at radius 1 is 0.952 bits per heavy atom. The first kappa shape index (κ1) is 13.6. The molecule has 1 saturated heterocycles. The first-order valence-corrected chi connectivity index (χ1v) is 7.13. The molecule has 104 valence electrons. The first-order valence-electron chi connectivity index (χ1n) is 6.33. The molecule has 1 heterocycles. The van der Waals surface area contributed by atoms with Gasteiger partial charge in [-0.05, 0) is 29.8 Å². The van der Waals surface area contributed by atoms with Gasteiger partial charge in [0.1, 0.15) is 5.57 Å². The summed E-state index contributed by atoms with van der Waals surface area (Å²) in [5, 5.41) is 1.25. The van der Waals surface area contributed by atoms with E-state index in [0.717, 1.165) is 10.0 Å². The normalized spacial score (nSPS) is 16.4. The number of hydrazine groups is 1. The van der Waals surface area contributed by atoms with Crippen molar-refractivity contribution in [3.8, 4) is 0 Å². The zero-order chi connectivity index (χ0) is 14.8. The number of nitrogens with one attached hydrogen (secondary N) is 1. The fraction of sp³-hybridized carbons (Fsp3) is 0. The Morgan fingerprint density at radius 3 is 2.33 bits per heavy atom. The van der Waals surface area contributed by atoms with Gasteiger partial charge in [-0.1, -0.05) is 52.3 Å². The third-order valence-corrected chi connectivity index (χ3v) is 3.83. The number of nitrogens with zero attached hydrogens (tertiary/aromatic N) is 1. The molecular formula is C16H11BrN2O2. The molecule has 0 radical (unpaired) electrons. The molecule has 2 aromatic carbocycles. The van der Waals surface area contributed by atoms with Crippen LogP contribution in [0.15, 0.2) is 64.6 Å². The minimum atomic E-state index is -0.403. The number of hydrogen-bond acceptors (Lipinski definition) is 2. The summed E-state index contributed by atoms with van der Waals surface area (Å²) in [6.45, 7) is 0. The molecule has 5 heteroatoms. The predicted octanol–water partition coefficient (Wildman–Crippen LogP) is 2.91. The molecule has 4 nitrogen and oxygen atoms in total. The van der Waals surface area contributed by atoms with Crippen LogP contribution in [-0.4, -0.2) is 11.8 Å². The van der Waals surface area contributed by atoms with E-state index in [-0.39, 0.29) is 11.5 Å². The number of halogens is 1. The lowest BCUT2D eigenvalue weighted by Gasteiger charge is -2.13. The molecule has 3 rings (SSSR count). The van der Waals surface area contributed by atoms with Crippen molar-refractivity contribution >= 4 is 39.5 Å². The van der Waals surface area contributed by atoms with Gasteiger partial charge in [-0.15, -0.1) is 0 Å². The second kappa shape index (κ2) is 5.54. The Hall–Kier alpha value is -2.40. The second-order valence-corrected chi connectivity index (χ2v) is 5.35. The summed E-state index contributed by atoms with van der Waals surface area (Å²) in [4.78, 5) is 24.4. The number of amides is 2. The van der Waals surface area contributed by atoms with Crippen molar-refractivity contribution in [3.63, 3.8) is 0 Å². The Balaban J connectivity index is 1.97. The van der Waals surface area contributed by atoms with Crippen molar-refractivity contribution < 1.29 is 9.59 Å². The molecule has 2 amide bonds. The quantitative estimate of drug-likeness (QED) is 0.673. The number of carbonyl (C=O) groups excluding carboxylic acids is 2. The zero-order valence-corrected chi connectivity index (χ0v) is 12.5. The maximum Gasteiger partial charge on any atom is 0.282 e. The van der Waals surface area contributed by atoms with E-state index in [2.05, 4.69) is 21.4 Å². The van der Waals surface area contributed by atoms with Gasteiger partial charge in [0.25, 0.3) is 11.8 Å². The number of rotatable bonds is 2. The molecule has 0 unspecified atom stereocenters. The lowest BCUT2D eigenvalue weighted by atomic mass is 10.1. The van der Waals surface area contributed by atoms with Crippen molar-refractivity contribution in [2.45, 2.75) is 0 Å². The molecule has 1 aliphatic heterocycles. The Labute approximate surface area is 130 Å². The molecular weight excluding hydrogens is 332 g/mol. The van der Waals surface area contributed by atoms with Crippen LogP contribution in [0, 0.1) is 0 Å². The van der Waals surface area contributed by atoms with Crippen LogP contribution < -0.4 is 10.4 Å². The van der Waals surface area contributed by atoms with Crippen LogP contribution in [0.1, 0.15) is 5.56 Å². The van der Waals surface area contributed by atoms with Crippen LogP contribution in [0.3, 0.4) is 0 Å². The molecule has 0 bridgehead atoms. The number of para-hydroxylation sites is 1. The molecule has 21 heavy (non-hydrogen) atoms. The van der Waals surface area contributed by atoms with Gasteiger partial charge in [-0.2, -0.15) is 0 Å². The van der Waals surface area contributed by atoms with Crippen LogP contribution in [0.4, 0.5) is 5.69 Å². The standard InChI is InChI=1S/C16H11BrN2O2/c17-14-9-5-4-6-11(14)10-13-15(20)18-19(16(13)21)12-7-2-1-3-8-12/h1-10H,(H,18,20)/b13-10-. The van der Waals surface area contributed by atoms with Gasteiger partial charge in [-0.3, -0.25) is 15.0 Å². The molecule has 1 aliphatic rings. The molecule has 0 atom stereocenters. The second-order valence-electron chi connectivity index (χ2n) is 4.50. The number of anilines is 1. The van der Waals surface area contributed by atoms with Gasteiger partial charge in [0.15, 0.2) is 0 Å². The van der Waals surface area contributed by atoms with Crippen molar-refractivity contribution in [1.82, 2.24) is 5.43 Å². The summed E-state index contributed by atoms with van der Waals surface area (Å²) in [5.41, 5.74) is 4.10. The minimum absolute atomic E-state index is 0.116. The van der Waals surface area contributed by atoms with Crippen LogP contribution >= 0.6 is 15.9 Å². The largest absolute Gasteiger partial charge is 0.282 e. The van der Waals surface area contributed by atoms with E-state index in [9.17, 15) is 9.59 Å². The lowest BCUT2D eigenvalue weighted by Crippen LogP contribution is -2.35. The molecule has 0 spiro atoms. The highest BCUT2D eigenvalue weighted by Gasteiger charge is 2.34. The highest BCUT2D eigenvalue weighted by atomic mass is 79.9. The maximum absolute atomic E-state index is 12.4. The molecule has 0 aliphatic carbocycles. The SMILES string of the molecule is O=C1NN(c2ccccc2)C(=O)/C1=C\c1ccccc1Br. The van der Waals surface area contributed by atoms with Gasteiger partial charge in [-0.25, -0.2) is 5.01 Å².